The first-order valence-electron chi connectivity index (χ1n) is 9.23. The predicted octanol–water partition coefficient (Wildman–Crippen LogP) is 3.80. The maximum absolute atomic E-state index is 12.4. The van der Waals surface area contributed by atoms with E-state index in [2.05, 4.69) is 24.1 Å². The minimum absolute atomic E-state index is 0.139. The predicted molar refractivity (Wildman–Crippen MR) is 106 cm³/mol. The van der Waals surface area contributed by atoms with E-state index in [4.69, 9.17) is 0 Å². The molecule has 0 aliphatic carbocycles. The van der Waals surface area contributed by atoms with Crippen LogP contribution in [0.5, 0.6) is 0 Å². The Balaban J connectivity index is 1.79. The van der Waals surface area contributed by atoms with E-state index in [1.807, 2.05) is 6.26 Å². The van der Waals surface area contributed by atoms with Crippen LogP contribution in [0.2, 0.25) is 0 Å². The SMILES string of the molecule is CSc1ccc([N+](=O)[O-])c(C(=O)NCCCCN2CC(C)CC(C)C2)c1. The number of hydrogen-bond acceptors (Lipinski definition) is 5. The second kappa shape index (κ2) is 9.92. The molecule has 2 unspecified atom stereocenters. The third kappa shape index (κ3) is 5.99. The van der Waals surface area contributed by atoms with Crippen LogP contribution < -0.4 is 5.32 Å². The van der Waals surface area contributed by atoms with Gasteiger partial charge in [-0.15, -0.1) is 11.8 Å². The molecule has 0 radical (unpaired) electrons. The lowest BCUT2D eigenvalue weighted by Gasteiger charge is -2.34. The van der Waals surface area contributed by atoms with Crippen LogP contribution in [-0.2, 0) is 0 Å². The number of hydrogen-bond donors (Lipinski definition) is 1. The van der Waals surface area contributed by atoms with Gasteiger partial charge >= 0.3 is 0 Å². The van der Waals surface area contributed by atoms with Gasteiger partial charge in [-0.05, 0) is 56.0 Å². The van der Waals surface area contributed by atoms with Crippen LogP contribution in [0.15, 0.2) is 23.1 Å². The number of piperidine rings is 1. The Morgan fingerprint density at radius 3 is 2.62 bits per heavy atom. The lowest BCUT2D eigenvalue weighted by molar-refractivity contribution is -0.385. The largest absolute Gasteiger partial charge is 0.352 e. The van der Waals surface area contributed by atoms with Gasteiger partial charge in [-0.25, -0.2) is 0 Å². The van der Waals surface area contributed by atoms with Gasteiger partial charge < -0.3 is 10.2 Å². The van der Waals surface area contributed by atoms with Crippen molar-refractivity contribution in [2.75, 3.05) is 32.4 Å². The highest BCUT2D eigenvalue weighted by Crippen LogP contribution is 2.25. The molecule has 0 spiro atoms. The minimum atomic E-state index is -0.502. The Hall–Kier alpha value is -1.60. The summed E-state index contributed by atoms with van der Waals surface area (Å²) in [5, 5.41) is 14.0. The van der Waals surface area contributed by atoms with E-state index in [9.17, 15) is 14.9 Å². The number of nitrogens with one attached hydrogen (secondary N) is 1. The van der Waals surface area contributed by atoms with Gasteiger partial charge in [0.15, 0.2) is 0 Å². The molecule has 0 saturated carbocycles. The van der Waals surface area contributed by atoms with Crippen molar-refractivity contribution in [3.63, 3.8) is 0 Å². The van der Waals surface area contributed by atoms with Crippen molar-refractivity contribution >= 4 is 23.4 Å². The summed E-state index contributed by atoms with van der Waals surface area (Å²) in [7, 11) is 0. The highest BCUT2D eigenvalue weighted by molar-refractivity contribution is 7.98. The van der Waals surface area contributed by atoms with Crippen LogP contribution >= 0.6 is 11.8 Å². The standard InChI is InChI=1S/C19H29N3O3S/c1-14-10-15(2)13-21(12-14)9-5-4-8-20-19(23)17-11-16(26-3)6-7-18(17)22(24)25/h6-7,11,14-15H,4-5,8-10,12-13H2,1-3H3,(H,20,23). The molecule has 144 valence electrons. The Morgan fingerprint density at radius 2 is 2.00 bits per heavy atom. The summed E-state index contributed by atoms with van der Waals surface area (Å²) in [6, 6.07) is 4.66. The van der Waals surface area contributed by atoms with Crippen molar-refractivity contribution in [2.24, 2.45) is 11.8 Å². The fraction of sp³-hybridized carbons (Fsp3) is 0.632. The molecule has 0 aromatic heterocycles. The molecule has 0 bridgehead atoms. The number of amides is 1. The van der Waals surface area contributed by atoms with Crippen LogP contribution in [0.3, 0.4) is 0 Å². The first-order valence-corrected chi connectivity index (χ1v) is 10.5. The number of likely N-dealkylation sites (tertiary alicyclic amines) is 1. The molecule has 2 atom stereocenters. The smallest absolute Gasteiger partial charge is 0.282 e. The number of carbonyl (C=O) groups is 1. The molecule has 1 amide bonds. The number of unbranched alkanes of at least 4 members (excludes halogenated alkanes) is 1. The molecule has 1 heterocycles. The highest BCUT2D eigenvalue weighted by Gasteiger charge is 2.22. The van der Waals surface area contributed by atoms with Gasteiger partial charge in [0.25, 0.3) is 11.6 Å². The summed E-state index contributed by atoms with van der Waals surface area (Å²) in [4.78, 5) is 26.3. The first-order chi connectivity index (χ1) is 12.4. The number of nitro benzene ring substituents is 1. The third-order valence-corrected chi connectivity index (χ3v) is 5.50. The number of rotatable bonds is 8. The quantitative estimate of drug-likeness (QED) is 0.322. The summed E-state index contributed by atoms with van der Waals surface area (Å²) in [6.45, 7) is 8.51. The molecule has 1 fully saturated rings. The van der Waals surface area contributed by atoms with E-state index in [-0.39, 0.29) is 17.2 Å². The van der Waals surface area contributed by atoms with E-state index in [0.29, 0.717) is 6.54 Å². The molecule has 1 aliphatic rings. The molecule has 26 heavy (non-hydrogen) atoms. The van der Waals surface area contributed by atoms with Crippen LogP contribution in [0, 0.1) is 22.0 Å². The number of thioether (sulfide) groups is 1. The van der Waals surface area contributed by atoms with Gasteiger partial charge in [0.1, 0.15) is 5.56 Å². The molecular weight excluding hydrogens is 350 g/mol. The van der Waals surface area contributed by atoms with E-state index in [1.165, 1.54) is 24.2 Å². The van der Waals surface area contributed by atoms with Gasteiger partial charge in [0.2, 0.25) is 0 Å². The third-order valence-electron chi connectivity index (χ3n) is 4.78. The van der Waals surface area contributed by atoms with Gasteiger partial charge in [-0.1, -0.05) is 13.8 Å². The van der Waals surface area contributed by atoms with Crippen LogP contribution in [0.4, 0.5) is 5.69 Å². The fourth-order valence-electron chi connectivity index (χ4n) is 3.72. The highest BCUT2D eigenvalue weighted by atomic mass is 32.2. The van der Waals surface area contributed by atoms with Crippen molar-refractivity contribution in [2.45, 2.75) is 38.0 Å². The minimum Gasteiger partial charge on any atom is -0.352 e. The van der Waals surface area contributed by atoms with E-state index < -0.39 is 4.92 Å². The second-order valence-corrected chi connectivity index (χ2v) is 8.19. The van der Waals surface area contributed by atoms with Crippen molar-refractivity contribution in [3.05, 3.63) is 33.9 Å². The number of carbonyl (C=O) groups excluding carboxylic acids is 1. The molecule has 1 N–H and O–H groups in total. The lowest BCUT2D eigenvalue weighted by atomic mass is 9.92. The molecular formula is C19H29N3O3S. The number of nitro groups is 1. The normalized spacial score (nSPS) is 20.7. The molecule has 1 saturated heterocycles. The van der Waals surface area contributed by atoms with Gasteiger partial charge in [0.05, 0.1) is 4.92 Å². The maximum atomic E-state index is 12.4. The summed E-state index contributed by atoms with van der Waals surface area (Å²) in [5.41, 5.74) is -0.00266. The zero-order chi connectivity index (χ0) is 19.1. The summed E-state index contributed by atoms with van der Waals surface area (Å²) < 4.78 is 0. The average molecular weight is 380 g/mol. The lowest BCUT2D eigenvalue weighted by Crippen LogP contribution is -2.39. The Morgan fingerprint density at radius 1 is 1.31 bits per heavy atom. The van der Waals surface area contributed by atoms with Crippen molar-refractivity contribution in [3.8, 4) is 0 Å². The van der Waals surface area contributed by atoms with Crippen LogP contribution in [0.25, 0.3) is 0 Å². The summed E-state index contributed by atoms with van der Waals surface area (Å²) >= 11 is 1.46. The van der Waals surface area contributed by atoms with E-state index >= 15 is 0 Å². The number of nitrogens with zero attached hydrogens (tertiary/aromatic N) is 2. The Labute approximate surface area is 159 Å². The first kappa shape index (κ1) is 20.7. The van der Waals surface area contributed by atoms with Crippen LogP contribution in [0.1, 0.15) is 43.5 Å². The maximum Gasteiger partial charge on any atom is 0.282 e. The zero-order valence-electron chi connectivity index (χ0n) is 15.9. The average Bonchev–Trinajstić information content (AvgIpc) is 2.59. The molecule has 2 rings (SSSR count). The van der Waals surface area contributed by atoms with Crippen LogP contribution in [-0.4, -0.2) is 48.2 Å². The van der Waals surface area contributed by atoms with E-state index in [0.717, 1.165) is 49.2 Å². The van der Waals surface area contributed by atoms with Gasteiger partial charge in [0, 0.05) is 30.6 Å². The molecule has 1 aliphatic heterocycles. The van der Waals surface area contributed by atoms with Gasteiger partial charge in [-0.2, -0.15) is 0 Å². The molecule has 1 aromatic rings. The number of benzene rings is 1. The topological polar surface area (TPSA) is 75.5 Å². The van der Waals surface area contributed by atoms with Crippen molar-refractivity contribution < 1.29 is 9.72 Å². The Kier molecular flexibility index (Phi) is 7.90. The van der Waals surface area contributed by atoms with Gasteiger partial charge in [-0.3, -0.25) is 14.9 Å². The van der Waals surface area contributed by atoms with Crippen molar-refractivity contribution in [1.29, 1.82) is 0 Å². The summed E-state index contributed by atoms with van der Waals surface area (Å²) in [5.74, 6) is 1.14. The fourth-order valence-corrected chi connectivity index (χ4v) is 4.16. The monoisotopic (exact) mass is 379 g/mol. The van der Waals surface area contributed by atoms with Crippen molar-refractivity contribution in [1.82, 2.24) is 10.2 Å². The van der Waals surface area contributed by atoms with E-state index in [1.54, 1.807) is 12.1 Å². The zero-order valence-corrected chi connectivity index (χ0v) is 16.7. The second-order valence-electron chi connectivity index (χ2n) is 7.31. The molecule has 7 heteroatoms. The Bertz CT molecular complexity index is 628. The molecule has 6 nitrogen and oxygen atoms in total. The molecule has 1 aromatic carbocycles. The summed E-state index contributed by atoms with van der Waals surface area (Å²) in [6.07, 6.45) is 5.08.